The maximum atomic E-state index is 13.1. The molecule has 0 atom stereocenters. The van der Waals surface area contributed by atoms with E-state index >= 15 is 0 Å². The predicted octanol–water partition coefficient (Wildman–Crippen LogP) is 2.71. The third-order valence-corrected chi connectivity index (χ3v) is 4.98. The first-order valence-electron chi connectivity index (χ1n) is 9.16. The van der Waals surface area contributed by atoms with Crippen molar-refractivity contribution in [1.29, 1.82) is 5.26 Å². The van der Waals surface area contributed by atoms with Gasteiger partial charge in [0.25, 0.3) is 5.91 Å². The second-order valence-electron chi connectivity index (χ2n) is 6.77. The molecule has 1 aliphatic heterocycles. The first kappa shape index (κ1) is 19.1. The minimum absolute atomic E-state index is 0.0975. The van der Waals surface area contributed by atoms with E-state index < -0.39 is 17.8 Å². The number of nitrogens with one attached hydrogen (secondary N) is 1. The first-order chi connectivity index (χ1) is 14.5. The van der Waals surface area contributed by atoms with E-state index in [0.717, 1.165) is 0 Å². The summed E-state index contributed by atoms with van der Waals surface area (Å²) in [7, 11) is 0. The van der Waals surface area contributed by atoms with Crippen LogP contribution in [-0.4, -0.2) is 32.9 Å². The lowest BCUT2D eigenvalue weighted by Crippen LogP contribution is -2.41. The van der Waals surface area contributed by atoms with Crippen molar-refractivity contribution in [2.45, 2.75) is 13.1 Å². The van der Waals surface area contributed by atoms with Crippen LogP contribution in [0.4, 0.5) is 14.9 Å². The van der Waals surface area contributed by atoms with Gasteiger partial charge in [0.15, 0.2) is 0 Å². The second kappa shape index (κ2) is 7.67. The molecule has 1 aliphatic rings. The fraction of sp³-hybridized carbons (Fsp3) is 0.143. The molecule has 3 heterocycles. The van der Waals surface area contributed by atoms with Crippen molar-refractivity contribution >= 4 is 17.6 Å². The van der Waals surface area contributed by atoms with Crippen LogP contribution in [-0.2, 0) is 13.1 Å². The lowest BCUT2D eigenvalue weighted by molar-refractivity contribution is 0.0997. The topological polar surface area (TPSA) is 117 Å². The summed E-state index contributed by atoms with van der Waals surface area (Å²) in [6.45, 7) is 0.823. The number of aromatic nitrogens is 2. The molecule has 0 bridgehead atoms. The fourth-order valence-corrected chi connectivity index (χ4v) is 3.65. The number of fused-ring (bicyclic) bond motifs is 1. The molecular formula is C21H17FN6O2. The Morgan fingerprint density at radius 1 is 1.20 bits per heavy atom. The van der Waals surface area contributed by atoms with Crippen LogP contribution < -0.4 is 11.1 Å². The average Bonchev–Trinajstić information content (AvgIpc) is 3.09. The number of benzene rings is 1. The Balaban J connectivity index is 1.70. The highest BCUT2D eigenvalue weighted by Crippen LogP contribution is 2.33. The van der Waals surface area contributed by atoms with Gasteiger partial charge in [0, 0.05) is 36.7 Å². The van der Waals surface area contributed by atoms with Gasteiger partial charge in [-0.3, -0.25) is 9.78 Å². The number of anilines is 1. The van der Waals surface area contributed by atoms with E-state index in [1.165, 1.54) is 29.2 Å². The number of carbonyl (C=O) groups excluding carboxylic acids is 2. The molecule has 1 aromatic carbocycles. The highest BCUT2D eigenvalue weighted by molar-refractivity contribution is 6.00. The van der Waals surface area contributed by atoms with Gasteiger partial charge in [0.1, 0.15) is 11.9 Å². The molecule has 0 saturated carbocycles. The quantitative estimate of drug-likeness (QED) is 0.698. The van der Waals surface area contributed by atoms with Crippen molar-refractivity contribution in [2.75, 3.05) is 11.9 Å². The Bertz CT molecular complexity index is 1160. The van der Waals surface area contributed by atoms with Crippen LogP contribution in [0, 0.1) is 17.1 Å². The molecule has 3 aromatic rings. The van der Waals surface area contributed by atoms with Crippen molar-refractivity contribution in [1.82, 2.24) is 14.5 Å². The van der Waals surface area contributed by atoms with Crippen molar-refractivity contribution in [2.24, 2.45) is 5.73 Å². The number of nitrogens with zero attached hydrogens (tertiary/aromatic N) is 4. The minimum Gasteiger partial charge on any atom is -0.366 e. The summed E-state index contributed by atoms with van der Waals surface area (Å²) < 4.78 is 14.9. The molecule has 0 saturated heterocycles. The zero-order chi connectivity index (χ0) is 21.3. The fourth-order valence-electron chi connectivity index (χ4n) is 3.65. The Labute approximate surface area is 171 Å². The highest BCUT2D eigenvalue weighted by atomic mass is 19.1. The predicted molar refractivity (Wildman–Crippen MR) is 107 cm³/mol. The summed E-state index contributed by atoms with van der Waals surface area (Å²) in [6.07, 6.45) is 3.23. The van der Waals surface area contributed by atoms with Gasteiger partial charge in [0.05, 0.1) is 29.1 Å². The number of rotatable bonds is 3. The number of primary amides is 1. The number of hydrogen-bond acceptors (Lipinski definition) is 4. The van der Waals surface area contributed by atoms with Gasteiger partial charge >= 0.3 is 6.03 Å². The number of hydrogen-bond donors (Lipinski definition) is 2. The zero-order valence-electron chi connectivity index (χ0n) is 15.8. The molecule has 8 nitrogen and oxygen atoms in total. The van der Waals surface area contributed by atoms with Crippen LogP contribution in [0.5, 0.6) is 0 Å². The van der Waals surface area contributed by atoms with E-state index in [9.17, 15) is 19.2 Å². The number of amides is 3. The summed E-state index contributed by atoms with van der Waals surface area (Å²) in [5.41, 5.74) is 8.07. The van der Waals surface area contributed by atoms with Gasteiger partial charge in [-0.25, -0.2) is 9.18 Å². The normalized spacial score (nSPS) is 12.7. The SMILES string of the molecule is N#Cc1c(C(N)=O)c2n(c1-c1cccnc1)CCN(C(=O)Nc1ccc(F)cc1)C2. The van der Waals surface area contributed by atoms with Crippen LogP contribution >= 0.6 is 0 Å². The number of nitriles is 1. The Morgan fingerprint density at radius 3 is 2.60 bits per heavy atom. The summed E-state index contributed by atoms with van der Waals surface area (Å²) in [5.74, 6) is -1.13. The number of urea groups is 1. The van der Waals surface area contributed by atoms with E-state index in [1.807, 2.05) is 4.57 Å². The molecule has 150 valence electrons. The van der Waals surface area contributed by atoms with Gasteiger partial charge in [-0.2, -0.15) is 5.26 Å². The third-order valence-electron chi connectivity index (χ3n) is 4.98. The molecule has 3 N–H and O–H groups in total. The third kappa shape index (κ3) is 3.35. The van der Waals surface area contributed by atoms with Gasteiger partial charge in [-0.1, -0.05) is 0 Å². The lowest BCUT2D eigenvalue weighted by atomic mass is 10.1. The van der Waals surface area contributed by atoms with E-state index in [4.69, 9.17) is 5.73 Å². The largest absolute Gasteiger partial charge is 0.366 e. The average molecular weight is 404 g/mol. The van der Waals surface area contributed by atoms with Crippen molar-refractivity contribution in [3.63, 3.8) is 0 Å². The maximum Gasteiger partial charge on any atom is 0.322 e. The van der Waals surface area contributed by atoms with Gasteiger partial charge in [-0.15, -0.1) is 0 Å². The number of halogens is 1. The smallest absolute Gasteiger partial charge is 0.322 e. The molecule has 2 aromatic heterocycles. The summed E-state index contributed by atoms with van der Waals surface area (Å²) in [5, 5.41) is 12.4. The second-order valence-corrected chi connectivity index (χ2v) is 6.77. The van der Waals surface area contributed by atoms with Gasteiger partial charge in [-0.05, 0) is 36.4 Å². The molecule has 0 aliphatic carbocycles. The number of nitrogens with two attached hydrogens (primary N) is 1. The summed E-state index contributed by atoms with van der Waals surface area (Å²) >= 11 is 0. The molecular weight excluding hydrogens is 387 g/mol. The maximum absolute atomic E-state index is 13.1. The van der Waals surface area contributed by atoms with E-state index in [-0.39, 0.29) is 17.7 Å². The molecule has 0 fully saturated rings. The van der Waals surface area contributed by atoms with E-state index in [1.54, 1.807) is 24.5 Å². The van der Waals surface area contributed by atoms with Crippen LogP contribution in [0.1, 0.15) is 21.6 Å². The van der Waals surface area contributed by atoms with Crippen LogP contribution in [0.15, 0.2) is 48.8 Å². The van der Waals surface area contributed by atoms with E-state index in [2.05, 4.69) is 16.4 Å². The number of carbonyl (C=O) groups is 2. The monoisotopic (exact) mass is 404 g/mol. The molecule has 9 heteroatoms. The molecule has 4 rings (SSSR count). The van der Waals surface area contributed by atoms with Crippen molar-refractivity contribution in [3.8, 4) is 17.3 Å². The van der Waals surface area contributed by atoms with Crippen LogP contribution in [0.2, 0.25) is 0 Å². The van der Waals surface area contributed by atoms with Crippen LogP contribution in [0.3, 0.4) is 0 Å². The molecule has 0 unspecified atom stereocenters. The Hall–Kier alpha value is -4.19. The van der Waals surface area contributed by atoms with Crippen LogP contribution in [0.25, 0.3) is 11.3 Å². The van der Waals surface area contributed by atoms with E-state index in [0.29, 0.717) is 35.7 Å². The van der Waals surface area contributed by atoms with Crippen molar-refractivity contribution < 1.29 is 14.0 Å². The van der Waals surface area contributed by atoms with Gasteiger partial charge < -0.3 is 20.5 Å². The number of pyridine rings is 1. The standard InChI is InChI=1S/C21H17FN6O2/c22-14-3-5-15(6-4-14)26-21(30)27-8-9-28-17(12-27)18(20(24)29)16(10-23)19(28)13-2-1-7-25-11-13/h1-7,11H,8-9,12H2,(H2,24,29)(H,26,30). The summed E-state index contributed by atoms with van der Waals surface area (Å²) in [6, 6.07) is 10.7. The summed E-state index contributed by atoms with van der Waals surface area (Å²) in [4.78, 5) is 30.5. The van der Waals surface area contributed by atoms with Crippen molar-refractivity contribution in [3.05, 3.63) is 71.4 Å². The zero-order valence-corrected chi connectivity index (χ0v) is 15.8. The molecule has 3 amide bonds. The first-order valence-corrected chi connectivity index (χ1v) is 9.16. The Morgan fingerprint density at radius 2 is 1.97 bits per heavy atom. The molecule has 30 heavy (non-hydrogen) atoms. The molecule has 0 radical (unpaired) electrons. The highest BCUT2D eigenvalue weighted by Gasteiger charge is 2.32. The molecule has 0 spiro atoms. The minimum atomic E-state index is -0.730. The lowest BCUT2D eigenvalue weighted by Gasteiger charge is -2.30. The Kier molecular flexibility index (Phi) is 4.90. The van der Waals surface area contributed by atoms with Gasteiger partial charge in [0.2, 0.25) is 0 Å².